The SMILES string of the molecule is CCNC(=O)OCCSCCC(=O)NC(Cc1ccccc1)C1CCCN1C(=O)CC(OC)C(C(C)CC)N(C)C(=O)C(NC(=O)C(C(C)C)N(C)C)C(C)C. The summed E-state index contributed by atoms with van der Waals surface area (Å²) in [7, 11) is 7.06. The Bertz CT molecular complexity index is 1360. The second-order valence-electron chi connectivity index (χ2n) is 15.9. The van der Waals surface area contributed by atoms with Crippen LogP contribution in [0.1, 0.15) is 86.1 Å². The summed E-state index contributed by atoms with van der Waals surface area (Å²) < 4.78 is 11.2. The number of hydrogen-bond donors (Lipinski definition) is 3. The normalized spacial score (nSPS) is 17.5. The number of carbonyl (C=O) groups excluding carboxylic acids is 5. The first kappa shape index (κ1) is 48.8. The zero-order chi connectivity index (χ0) is 41.9. The lowest BCUT2D eigenvalue weighted by molar-refractivity contribution is -0.146. The van der Waals surface area contributed by atoms with Crippen molar-refractivity contribution in [1.29, 1.82) is 0 Å². The lowest BCUT2D eigenvalue weighted by Crippen LogP contribution is -2.59. The standard InChI is InChI=1S/C42H72N6O7S/c1-12-30(7)39(47(10)41(52)37(28(3)4)45-40(51)38(29(5)6)46(8)9)34(54-11)27-36(50)48-22-17-20-33(48)32(26-31-18-15-14-16-19-31)44-35(49)21-24-56-25-23-55-42(53)43-13-2/h14-16,18-19,28-30,32-34,37-39H,12-13,17,20-27H2,1-11H3,(H,43,53)(H,44,49)(H,45,51). The van der Waals surface area contributed by atoms with Gasteiger partial charge in [0.1, 0.15) is 12.6 Å². The highest BCUT2D eigenvalue weighted by molar-refractivity contribution is 7.99. The molecule has 1 aromatic carbocycles. The Labute approximate surface area is 341 Å². The summed E-state index contributed by atoms with van der Waals surface area (Å²) in [5.41, 5.74) is 1.07. The molecule has 13 nitrogen and oxygen atoms in total. The van der Waals surface area contributed by atoms with E-state index in [2.05, 4.69) is 29.8 Å². The molecule has 0 radical (unpaired) electrons. The molecule has 1 aliphatic rings. The molecule has 1 aliphatic heterocycles. The molecule has 0 aromatic heterocycles. The molecule has 1 saturated heterocycles. The predicted molar refractivity (Wildman–Crippen MR) is 224 cm³/mol. The monoisotopic (exact) mass is 805 g/mol. The number of likely N-dealkylation sites (N-methyl/N-ethyl adjacent to an activating group) is 2. The Morgan fingerprint density at radius 2 is 1.62 bits per heavy atom. The zero-order valence-corrected chi connectivity index (χ0v) is 36.8. The molecule has 5 amide bonds. The minimum absolute atomic E-state index is 0.00665. The molecule has 1 heterocycles. The topological polar surface area (TPSA) is 150 Å². The number of methoxy groups -OCH3 is 1. The van der Waals surface area contributed by atoms with Crippen molar-refractivity contribution in [2.45, 2.75) is 123 Å². The van der Waals surface area contributed by atoms with E-state index in [1.165, 1.54) is 0 Å². The average Bonchev–Trinajstić information content (AvgIpc) is 3.64. The predicted octanol–water partition coefficient (Wildman–Crippen LogP) is 4.58. The van der Waals surface area contributed by atoms with Crippen LogP contribution in [0.2, 0.25) is 0 Å². The van der Waals surface area contributed by atoms with E-state index in [1.807, 2.05) is 88.8 Å². The van der Waals surface area contributed by atoms with Crippen molar-refractivity contribution in [3.05, 3.63) is 35.9 Å². The highest BCUT2D eigenvalue weighted by Crippen LogP contribution is 2.28. The number of hydrogen-bond acceptors (Lipinski definition) is 9. The number of carbonyl (C=O) groups is 5. The van der Waals surface area contributed by atoms with Gasteiger partial charge >= 0.3 is 6.09 Å². The van der Waals surface area contributed by atoms with Gasteiger partial charge in [-0.2, -0.15) is 11.8 Å². The van der Waals surface area contributed by atoms with Gasteiger partial charge in [0.05, 0.1) is 36.7 Å². The van der Waals surface area contributed by atoms with Crippen molar-refractivity contribution in [1.82, 2.24) is 30.7 Å². The maximum Gasteiger partial charge on any atom is 0.407 e. The Kier molecular flexibility index (Phi) is 21.9. The molecule has 1 fully saturated rings. The first-order valence-electron chi connectivity index (χ1n) is 20.4. The van der Waals surface area contributed by atoms with Gasteiger partial charge in [0.15, 0.2) is 0 Å². The van der Waals surface area contributed by atoms with Crippen molar-refractivity contribution in [2.24, 2.45) is 17.8 Å². The minimum Gasteiger partial charge on any atom is -0.449 e. The lowest BCUT2D eigenvalue weighted by atomic mass is 9.89. The summed E-state index contributed by atoms with van der Waals surface area (Å²) in [6.45, 7) is 15.1. The summed E-state index contributed by atoms with van der Waals surface area (Å²) >= 11 is 1.55. The molecule has 318 valence electrons. The van der Waals surface area contributed by atoms with E-state index >= 15 is 0 Å². The van der Waals surface area contributed by atoms with E-state index < -0.39 is 30.3 Å². The fourth-order valence-electron chi connectivity index (χ4n) is 7.73. The highest BCUT2D eigenvalue weighted by atomic mass is 32.2. The smallest absolute Gasteiger partial charge is 0.407 e. The zero-order valence-electron chi connectivity index (χ0n) is 36.0. The minimum atomic E-state index is -0.752. The van der Waals surface area contributed by atoms with Gasteiger partial charge < -0.3 is 35.2 Å². The van der Waals surface area contributed by atoms with Gasteiger partial charge in [0, 0.05) is 45.2 Å². The van der Waals surface area contributed by atoms with Crippen LogP contribution in [-0.4, -0.2) is 140 Å². The number of rotatable bonds is 24. The lowest BCUT2D eigenvalue weighted by Gasteiger charge is -2.41. The van der Waals surface area contributed by atoms with Crippen LogP contribution >= 0.6 is 11.8 Å². The van der Waals surface area contributed by atoms with Crippen molar-refractivity contribution in [3.63, 3.8) is 0 Å². The van der Waals surface area contributed by atoms with Crippen LogP contribution < -0.4 is 16.0 Å². The van der Waals surface area contributed by atoms with E-state index in [0.29, 0.717) is 37.4 Å². The quantitative estimate of drug-likeness (QED) is 0.128. The van der Waals surface area contributed by atoms with Gasteiger partial charge in [-0.3, -0.25) is 24.1 Å². The molecule has 3 N–H and O–H groups in total. The van der Waals surface area contributed by atoms with Crippen LogP contribution in [0.5, 0.6) is 0 Å². The molecule has 0 saturated carbocycles. The number of alkyl carbamates (subject to hydrolysis) is 1. The number of likely N-dealkylation sites (tertiary alicyclic amines) is 1. The molecular weight excluding hydrogens is 733 g/mol. The maximum absolute atomic E-state index is 14.4. The second kappa shape index (κ2) is 25.1. The van der Waals surface area contributed by atoms with Crippen molar-refractivity contribution in [2.75, 3.05) is 59.5 Å². The van der Waals surface area contributed by atoms with Gasteiger partial charge in [-0.05, 0) is 63.6 Å². The third-order valence-corrected chi connectivity index (χ3v) is 11.7. The molecular formula is C42H72N6O7S. The third-order valence-electron chi connectivity index (χ3n) is 10.8. The number of nitrogens with one attached hydrogen (secondary N) is 3. The van der Waals surface area contributed by atoms with Crippen LogP contribution in [0.4, 0.5) is 4.79 Å². The highest BCUT2D eigenvalue weighted by Gasteiger charge is 2.41. The molecule has 7 unspecified atom stereocenters. The molecule has 56 heavy (non-hydrogen) atoms. The van der Waals surface area contributed by atoms with Gasteiger partial charge in [-0.25, -0.2) is 4.79 Å². The first-order valence-corrected chi connectivity index (χ1v) is 21.6. The Balaban J connectivity index is 2.24. The van der Waals surface area contributed by atoms with Gasteiger partial charge in [0.25, 0.3) is 0 Å². The van der Waals surface area contributed by atoms with Crippen LogP contribution in [-0.2, 0) is 35.1 Å². The Morgan fingerprint density at radius 1 is 0.946 bits per heavy atom. The summed E-state index contributed by atoms with van der Waals surface area (Å²) in [6, 6.07) is 7.88. The molecule has 7 atom stereocenters. The third kappa shape index (κ3) is 15.2. The largest absolute Gasteiger partial charge is 0.449 e. The number of benzene rings is 1. The van der Waals surface area contributed by atoms with Crippen molar-refractivity contribution >= 4 is 41.5 Å². The number of thioether (sulfide) groups is 1. The average molecular weight is 805 g/mol. The van der Waals surface area contributed by atoms with Gasteiger partial charge in [-0.15, -0.1) is 0 Å². The van der Waals surface area contributed by atoms with E-state index in [0.717, 1.165) is 24.8 Å². The summed E-state index contributed by atoms with van der Waals surface area (Å²) in [5.74, 6) is 0.455. The molecule has 1 aromatic rings. The Morgan fingerprint density at radius 3 is 2.20 bits per heavy atom. The van der Waals surface area contributed by atoms with Crippen LogP contribution in [0.3, 0.4) is 0 Å². The Hall–Kier alpha value is -3.36. The fourth-order valence-corrected chi connectivity index (χ4v) is 8.47. The van der Waals surface area contributed by atoms with Gasteiger partial charge in [0.2, 0.25) is 23.6 Å². The summed E-state index contributed by atoms with van der Waals surface area (Å²) in [6.07, 6.45) is 2.20. The summed E-state index contributed by atoms with van der Waals surface area (Å²) in [5, 5.41) is 8.91. The molecule has 14 heteroatoms. The van der Waals surface area contributed by atoms with Crippen molar-refractivity contribution in [3.8, 4) is 0 Å². The second-order valence-corrected chi connectivity index (χ2v) is 17.1. The van der Waals surface area contributed by atoms with Crippen molar-refractivity contribution < 1.29 is 33.4 Å². The fraction of sp³-hybridized carbons (Fsp3) is 0.738. The summed E-state index contributed by atoms with van der Waals surface area (Å²) in [4.78, 5) is 72.4. The van der Waals surface area contributed by atoms with Crippen LogP contribution in [0.15, 0.2) is 30.3 Å². The molecule has 0 bridgehead atoms. The number of nitrogens with zero attached hydrogens (tertiary/aromatic N) is 3. The van der Waals surface area contributed by atoms with E-state index in [9.17, 15) is 24.0 Å². The molecule has 2 rings (SSSR count). The van der Waals surface area contributed by atoms with E-state index in [1.54, 1.807) is 30.8 Å². The van der Waals surface area contributed by atoms with Crippen LogP contribution in [0, 0.1) is 17.8 Å². The number of ether oxygens (including phenoxy) is 2. The number of amides is 5. The maximum atomic E-state index is 14.4. The van der Waals surface area contributed by atoms with Crippen LogP contribution in [0.25, 0.3) is 0 Å². The first-order chi connectivity index (χ1) is 26.6. The molecule has 0 spiro atoms. The molecule has 0 aliphatic carbocycles. The van der Waals surface area contributed by atoms with E-state index in [4.69, 9.17) is 9.47 Å². The van der Waals surface area contributed by atoms with E-state index in [-0.39, 0.29) is 66.5 Å². The van der Waals surface area contributed by atoms with Gasteiger partial charge in [-0.1, -0.05) is 78.3 Å².